The minimum Gasteiger partial charge on any atom is -0.493 e. The number of anilines is 1. The van der Waals surface area contributed by atoms with E-state index in [9.17, 15) is 4.79 Å². The number of morpholine rings is 1. The number of amides is 1. The Morgan fingerprint density at radius 3 is 2.59 bits per heavy atom. The van der Waals surface area contributed by atoms with Crippen LogP contribution in [0.4, 0.5) is 5.69 Å². The van der Waals surface area contributed by atoms with Gasteiger partial charge in [-0.3, -0.25) is 9.69 Å². The van der Waals surface area contributed by atoms with Crippen molar-refractivity contribution in [2.24, 2.45) is 0 Å². The largest absolute Gasteiger partial charge is 0.493 e. The monoisotopic (exact) mass is 418 g/mol. The molecule has 0 radical (unpaired) electrons. The molecule has 0 unspecified atom stereocenters. The predicted molar refractivity (Wildman–Crippen MR) is 114 cm³/mol. The van der Waals surface area contributed by atoms with Gasteiger partial charge in [0.25, 0.3) is 5.91 Å². The number of hydrogen-bond donors (Lipinski definition) is 1. The van der Waals surface area contributed by atoms with E-state index in [-0.39, 0.29) is 5.91 Å². The van der Waals surface area contributed by atoms with E-state index in [4.69, 9.17) is 25.8 Å². The molecule has 0 saturated carbocycles. The summed E-state index contributed by atoms with van der Waals surface area (Å²) >= 11 is 6.31. The molecule has 2 aromatic carbocycles. The molecule has 1 heterocycles. The maximum Gasteiger partial charge on any atom is 0.255 e. The highest BCUT2D eigenvalue weighted by molar-refractivity contribution is 6.32. The van der Waals surface area contributed by atoms with Gasteiger partial charge in [-0.25, -0.2) is 0 Å². The van der Waals surface area contributed by atoms with Crippen molar-refractivity contribution in [3.63, 3.8) is 0 Å². The SMILES string of the molecule is CCCOc1c(Cl)cc(C(=O)Nc2ccc(CN3CCOCC3)cc2)cc1OC. The number of halogens is 1. The summed E-state index contributed by atoms with van der Waals surface area (Å²) in [5.41, 5.74) is 2.34. The number of rotatable bonds is 8. The average Bonchev–Trinajstić information content (AvgIpc) is 2.74. The zero-order valence-corrected chi connectivity index (χ0v) is 17.6. The lowest BCUT2D eigenvalue weighted by molar-refractivity contribution is 0.0342. The normalized spacial score (nSPS) is 14.4. The van der Waals surface area contributed by atoms with Gasteiger partial charge in [0, 0.05) is 30.9 Å². The summed E-state index contributed by atoms with van der Waals surface area (Å²) in [4.78, 5) is 15.0. The molecule has 7 heteroatoms. The molecule has 1 fully saturated rings. The van der Waals surface area contributed by atoms with E-state index >= 15 is 0 Å². The molecule has 0 aliphatic carbocycles. The zero-order valence-electron chi connectivity index (χ0n) is 16.9. The minimum atomic E-state index is -0.256. The lowest BCUT2D eigenvalue weighted by atomic mass is 10.1. The Bertz CT molecular complexity index is 820. The third-order valence-corrected chi connectivity index (χ3v) is 4.94. The van der Waals surface area contributed by atoms with Crippen LogP contribution in [0.15, 0.2) is 36.4 Å². The second-order valence-corrected chi connectivity index (χ2v) is 7.28. The fraction of sp³-hybridized carbons (Fsp3) is 0.409. The summed E-state index contributed by atoms with van der Waals surface area (Å²) in [6.07, 6.45) is 0.850. The molecule has 3 rings (SSSR count). The number of carbonyl (C=O) groups excluding carboxylic acids is 1. The second kappa shape index (κ2) is 10.5. The number of benzene rings is 2. The van der Waals surface area contributed by atoms with Crippen molar-refractivity contribution in [1.82, 2.24) is 4.90 Å². The zero-order chi connectivity index (χ0) is 20.6. The summed E-state index contributed by atoms with van der Waals surface area (Å²) in [7, 11) is 1.53. The molecule has 156 valence electrons. The molecule has 1 N–H and O–H groups in total. The van der Waals surface area contributed by atoms with E-state index in [1.54, 1.807) is 12.1 Å². The van der Waals surface area contributed by atoms with Crippen LogP contribution in [0.2, 0.25) is 5.02 Å². The van der Waals surface area contributed by atoms with Crippen LogP contribution in [0.25, 0.3) is 0 Å². The molecule has 0 spiro atoms. The number of nitrogens with zero attached hydrogens (tertiary/aromatic N) is 1. The number of ether oxygens (including phenoxy) is 3. The van der Waals surface area contributed by atoms with Crippen molar-refractivity contribution in [2.45, 2.75) is 19.9 Å². The summed E-state index contributed by atoms with van der Waals surface area (Å²) in [6.45, 7) is 6.86. The molecule has 6 nitrogen and oxygen atoms in total. The van der Waals surface area contributed by atoms with Crippen molar-refractivity contribution in [2.75, 3.05) is 45.3 Å². The van der Waals surface area contributed by atoms with Crippen LogP contribution >= 0.6 is 11.6 Å². The average molecular weight is 419 g/mol. The Labute approximate surface area is 176 Å². The van der Waals surface area contributed by atoms with E-state index in [1.165, 1.54) is 12.7 Å². The van der Waals surface area contributed by atoms with Gasteiger partial charge < -0.3 is 19.5 Å². The Hall–Kier alpha value is -2.28. The summed E-state index contributed by atoms with van der Waals surface area (Å²) < 4.78 is 16.4. The van der Waals surface area contributed by atoms with E-state index in [2.05, 4.69) is 10.2 Å². The Morgan fingerprint density at radius 1 is 1.21 bits per heavy atom. The highest BCUT2D eigenvalue weighted by Gasteiger charge is 2.16. The first kappa shape index (κ1) is 21.4. The third kappa shape index (κ3) is 5.85. The van der Waals surface area contributed by atoms with Gasteiger partial charge in [-0.2, -0.15) is 0 Å². The quantitative estimate of drug-likeness (QED) is 0.695. The van der Waals surface area contributed by atoms with Crippen molar-refractivity contribution in [3.05, 3.63) is 52.5 Å². The van der Waals surface area contributed by atoms with Crippen molar-refractivity contribution >= 4 is 23.2 Å². The lowest BCUT2D eigenvalue weighted by Crippen LogP contribution is -2.35. The maximum absolute atomic E-state index is 12.7. The van der Waals surface area contributed by atoms with E-state index in [0.717, 1.165) is 45.0 Å². The Morgan fingerprint density at radius 2 is 1.93 bits per heavy atom. The standard InChI is InChI=1S/C22H27ClN2O4/c1-3-10-29-21-19(23)13-17(14-20(21)27-2)22(26)24-18-6-4-16(5-7-18)15-25-8-11-28-12-9-25/h4-7,13-14H,3,8-12,15H2,1-2H3,(H,24,26). The smallest absolute Gasteiger partial charge is 0.255 e. The van der Waals surface area contributed by atoms with Crippen molar-refractivity contribution in [3.8, 4) is 11.5 Å². The fourth-order valence-electron chi connectivity index (χ4n) is 3.11. The van der Waals surface area contributed by atoms with Gasteiger partial charge in [-0.05, 0) is 36.2 Å². The van der Waals surface area contributed by atoms with Crippen LogP contribution in [-0.2, 0) is 11.3 Å². The number of hydrogen-bond acceptors (Lipinski definition) is 5. The number of methoxy groups -OCH3 is 1. The van der Waals surface area contributed by atoms with Crippen LogP contribution in [0, 0.1) is 0 Å². The van der Waals surface area contributed by atoms with Crippen LogP contribution in [0.1, 0.15) is 29.3 Å². The number of nitrogens with one attached hydrogen (secondary N) is 1. The highest BCUT2D eigenvalue weighted by atomic mass is 35.5. The van der Waals surface area contributed by atoms with Crippen LogP contribution in [0.3, 0.4) is 0 Å². The Kier molecular flexibility index (Phi) is 7.75. The molecule has 0 aromatic heterocycles. The molecule has 1 aliphatic rings. The fourth-order valence-corrected chi connectivity index (χ4v) is 3.37. The highest BCUT2D eigenvalue weighted by Crippen LogP contribution is 2.36. The lowest BCUT2D eigenvalue weighted by Gasteiger charge is -2.26. The molecular weight excluding hydrogens is 392 g/mol. The summed E-state index contributed by atoms with van der Waals surface area (Å²) in [6, 6.07) is 11.1. The molecular formula is C22H27ClN2O4. The predicted octanol–water partition coefficient (Wildman–Crippen LogP) is 4.22. The topological polar surface area (TPSA) is 60.0 Å². The Balaban J connectivity index is 1.65. The van der Waals surface area contributed by atoms with Crippen molar-refractivity contribution in [1.29, 1.82) is 0 Å². The van der Waals surface area contributed by atoms with Gasteiger partial charge >= 0.3 is 0 Å². The van der Waals surface area contributed by atoms with Crippen LogP contribution < -0.4 is 14.8 Å². The van der Waals surface area contributed by atoms with Gasteiger partial charge in [0.05, 0.1) is 32.0 Å². The van der Waals surface area contributed by atoms with Gasteiger partial charge in [0.15, 0.2) is 11.5 Å². The van der Waals surface area contributed by atoms with Crippen LogP contribution in [-0.4, -0.2) is 50.8 Å². The molecule has 1 amide bonds. The second-order valence-electron chi connectivity index (χ2n) is 6.88. The number of carbonyl (C=O) groups is 1. The van der Waals surface area contributed by atoms with Crippen LogP contribution in [0.5, 0.6) is 11.5 Å². The molecule has 1 saturated heterocycles. The first-order valence-corrected chi connectivity index (χ1v) is 10.2. The summed E-state index contributed by atoms with van der Waals surface area (Å²) in [5.74, 6) is 0.644. The maximum atomic E-state index is 12.7. The molecule has 2 aromatic rings. The molecule has 1 aliphatic heterocycles. The van der Waals surface area contributed by atoms with E-state index in [0.29, 0.717) is 28.7 Å². The third-order valence-electron chi connectivity index (χ3n) is 4.66. The summed E-state index contributed by atoms with van der Waals surface area (Å²) in [5, 5.41) is 3.25. The van der Waals surface area contributed by atoms with Gasteiger partial charge in [0.2, 0.25) is 0 Å². The van der Waals surface area contributed by atoms with Gasteiger partial charge in [0.1, 0.15) is 0 Å². The molecule has 29 heavy (non-hydrogen) atoms. The first-order chi connectivity index (χ1) is 14.1. The minimum absolute atomic E-state index is 0.256. The molecule has 0 bridgehead atoms. The van der Waals surface area contributed by atoms with Crippen molar-refractivity contribution < 1.29 is 19.0 Å². The van der Waals surface area contributed by atoms with Gasteiger partial charge in [-0.15, -0.1) is 0 Å². The van der Waals surface area contributed by atoms with Gasteiger partial charge in [-0.1, -0.05) is 30.7 Å². The molecule has 0 atom stereocenters. The first-order valence-electron chi connectivity index (χ1n) is 9.81. The van der Waals surface area contributed by atoms with E-state index < -0.39 is 0 Å². The van der Waals surface area contributed by atoms with E-state index in [1.807, 2.05) is 31.2 Å².